The Kier molecular flexibility index (Phi) is 4.04. The smallest absolute Gasteiger partial charge is 0.309 e. The van der Waals surface area contributed by atoms with E-state index in [1.54, 1.807) is 25.0 Å². The fraction of sp³-hybridized carbons (Fsp3) is 0.357. The van der Waals surface area contributed by atoms with Gasteiger partial charge in [-0.2, -0.15) is 18.3 Å². The van der Waals surface area contributed by atoms with E-state index in [0.717, 1.165) is 23.4 Å². The van der Waals surface area contributed by atoms with Crippen LogP contribution in [0, 0.1) is 12.7 Å². The Bertz CT molecular complexity index is 646. The summed E-state index contributed by atoms with van der Waals surface area (Å²) < 4.78 is 53.1. The molecule has 0 saturated carbocycles. The van der Waals surface area contributed by atoms with Crippen molar-refractivity contribution < 1.29 is 17.6 Å². The molecule has 2 rings (SSSR count). The lowest BCUT2D eigenvalue weighted by Gasteiger charge is -2.18. The number of halogens is 4. The fourth-order valence-corrected chi connectivity index (χ4v) is 2.24. The summed E-state index contributed by atoms with van der Waals surface area (Å²) >= 11 is 0. The average molecular weight is 301 g/mol. The van der Waals surface area contributed by atoms with Crippen LogP contribution in [0.15, 0.2) is 24.4 Å². The molecule has 114 valence electrons. The topological polar surface area (TPSA) is 29.9 Å². The van der Waals surface area contributed by atoms with E-state index in [2.05, 4.69) is 10.4 Å². The Morgan fingerprint density at radius 2 is 1.95 bits per heavy atom. The van der Waals surface area contributed by atoms with Crippen LogP contribution in [0.25, 0.3) is 0 Å². The molecule has 0 amide bonds. The van der Waals surface area contributed by atoms with E-state index in [4.69, 9.17) is 0 Å². The molecule has 0 fully saturated rings. The minimum absolute atomic E-state index is 0.416. The molecule has 1 N–H and O–H groups in total. The Morgan fingerprint density at radius 3 is 2.38 bits per heavy atom. The molecule has 0 aliphatic rings. The number of hydrogen-bond acceptors (Lipinski definition) is 2. The molecule has 3 nitrogen and oxygen atoms in total. The number of nitrogens with zero attached hydrogens (tertiary/aromatic N) is 2. The number of aryl methyl sites for hydroxylation is 1. The standard InChI is InChI=1S/C14H15F4N3/c1-8-10(7-20-21(8)3)13(19-2)9-4-5-11(12(15)6-9)14(16,17)18/h4-7,13,19H,1-3H3. The quantitative estimate of drug-likeness (QED) is 0.882. The molecule has 0 bridgehead atoms. The first-order chi connectivity index (χ1) is 9.75. The van der Waals surface area contributed by atoms with Gasteiger partial charge in [0.15, 0.2) is 0 Å². The van der Waals surface area contributed by atoms with Gasteiger partial charge in [-0.05, 0) is 31.7 Å². The van der Waals surface area contributed by atoms with Crippen LogP contribution in [0.2, 0.25) is 0 Å². The van der Waals surface area contributed by atoms with Crippen LogP contribution in [0.1, 0.15) is 28.4 Å². The van der Waals surface area contributed by atoms with E-state index in [0.29, 0.717) is 5.56 Å². The van der Waals surface area contributed by atoms with E-state index in [1.807, 2.05) is 6.92 Å². The van der Waals surface area contributed by atoms with Gasteiger partial charge >= 0.3 is 6.18 Å². The second-order valence-corrected chi connectivity index (χ2v) is 4.77. The highest BCUT2D eigenvalue weighted by molar-refractivity contribution is 5.36. The number of rotatable bonds is 3. The zero-order valence-corrected chi connectivity index (χ0v) is 11.8. The zero-order chi connectivity index (χ0) is 15.8. The van der Waals surface area contributed by atoms with E-state index in [-0.39, 0.29) is 0 Å². The van der Waals surface area contributed by atoms with Crippen molar-refractivity contribution in [3.05, 3.63) is 52.6 Å². The minimum Gasteiger partial charge on any atom is -0.309 e. The number of hydrogen-bond donors (Lipinski definition) is 1. The fourth-order valence-electron chi connectivity index (χ4n) is 2.24. The van der Waals surface area contributed by atoms with E-state index in [9.17, 15) is 17.6 Å². The second kappa shape index (κ2) is 5.48. The molecule has 0 aliphatic heterocycles. The molecular formula is C14H15F4N3. The molecule has 1 unspecified atom stereocenters. The Morgan fingerprint density at radius 1 is 1.29 bits per heavy atom. The third-order valence-electron chi connectivity index (χ3n) is 3.50. The van der Waals surface area contributed by atoms with E-state index >= 15 is 0 Å². The molecule has 0 radical (unpaired) electrons. The van der Waals surface area contributed by atoms with Gasteiger partial charge in [0, 0.05) is 18.3 Å². The van der Waals surface area contributed by atoms with Crippen molar-refractivity contribution in [1.82, 2.24) is 15.1 Å². The molecule has 1 atom stereocenters. The summed E-state index contributed by atoms with van der Waals surface area (Å²) in [6.45, 7) is 1.84. The van der Waals surface area contributed by atoms with Crippen molar-refractivity contribution in [1.29, 1.82) is 0 Å². The summed E-state index contributed by atoms with van der Waals surface area (Å²) in [5, 5.41) is 7.07. The lowest BCUT2D eigenvalue weighted by atomic mass is 9.98. The van der Waals surface area contributed by atoms with Gasteiger partial charge in [-0.15, -0.1) is 0 Å². The van der Waals surface area contributed by atoms with Crippen LogP contribution in [0.4, 0.5) is 17.6 Å². The molecule has 1 aromatic carbocycles. The van der Waals surface area contributed by atoms with Gasteiger partial charge in [0.05, 0.1) is 17.8 Å². The Labute approximate surface area is 119 Å². The van der Waals surface area contributed by atoms with Gasteiger partial charge < -0.3 is 5.32 Å². The highest BCUT2D eigenvalue weighted by atomic mass is 19.4. The summed E-state index contributed by atoms with van der Waals surface area (Å²) in [7, 11) is 3.42. The summed E-state index contributed by atoms with van der Waals surface area (Å²) in [5.41, 5.74) is 0.803. The van der Waals surface area contributed by atoms with Gasteiger partial charge in [0.1, 0.15) is 5.82 Å². The van der Waals surface area contributed by atoms with Crippen molar-refractivity contribution in [2.75, 3.05) is 7.05 Å². The summed E-state index contributed by atoms with van der Waals surface area (Å²) in [6, 6.07) is 2.53. The van der Waals surface area contributed by atoms with Crippen LogP contribution < -0.4 is 5.32 Å². The summed E-state index contributed by atoms with van der Waals surface area (Å²) in [4.78, 5) is 0. The highest BCUT2D eigenvalue weighted by Gasteiger charge is 2.34. The number of benzene rings is 1. The highest BCUT2D eigenvalue weighted by Crippen LogP contribution is 2.33. The number of nitrogens with one attached hydrogen (secondary N) is 1. The van der Waals surface area contributed by atoms with Crippen molar-refractivity contribution >= 4 is 0 Å². The normalized spacial score (nSPS) is 13.5. The number of alkyl halides is 3. The molecule has 0 saturated heterocycles. The van der Waals surface area contributed by atoms with Gasteiger partial charge in [-0.3, -0.25) is 4.68 Å². The van der Waals surface area contributed by atoms with Crippen LogP contribution in [-0.2, 0) is 13.2 Å². The minimum atomic E-state index is -4.69. The molecular weight excluding hydrogens is 286 g/mol. The van der Waals surface area contributed by atoms with Crippen LogP contribution in [-0.4, -0.2) is 16.8 Å². The molecule has 0 spiro atoms. The van der Waals surface area contributed by atoms with Gasteiger partial charge in [0.25, 0.3) is 0 Å². The molecule has 1 aromatic heterocycles. The van der Waals surface area contributed by atoms with Crippen molar-refractivity contribution in [3.8, 4) is 0 Å². The molecule has 7 heteroatoms. The van der Waals surface area contributed by atoms with Crippen LogP contribution in [0.5, 0.6) is 0 Å². The molecule has 21 heavy (non-hydrogen) atoms. The second-order valence-electron chi connectivity index (χ2n) is 4.77. The van der Waals surface area contributed by atoms with Gasteiger partial charge in [-0.25, -0.2) is 4.39 Å². The predicted octanol–water partition coefficient (Wildman–Crippen LogP) is 3.20. The van der Waals surface area contributed by atoms with Crippen LogP contribution >= 0.6 is 0 Å². The first kappa shape index (κ1) is 15.5. The van der Waals surface area contributed by atoms with E-state index in [1.165, 1.54) is 6.07 Å². The first-order valence-electron chi connectivity index (χ1n) is 6.28. The summed E-state index contributed by atoms with van der Waals surface area (Å²) in [6.07, 6.45) is -3.08. The lowest BCUT2D eigenvalue weighted by Crippen LogP contribution is -2.19. The third kappa shape index (κ3) is 2.92. The molecule has 0 aliphatic carbocycles. The van der Waals surface area contributed by atoms with Gasteiger partial charge in [-0.1, -0.05) is 6.07 Å². The Hall–Kier alpha value is -1.89. The molecule has 1 heterocycles. The maximum Gasteiger partial charge on any atom is 0.419 e. The predicted molar refractivity (Wildman–Crippen MR) is 70.2 cm³/mol. The maximum absolute atomic E-state index is 13.7. The van der Waals surface area contributed by atoms with Crippen LogP contribution in [0.3, 0.4) is 0 Å². The van der Waals surface area contributed by atoms with E-state index < -0.39 is 23.6 Å². The molecule has 2 aromatic rings. The van der Waals surface area contributed by atoms with Crippen molar-refractivity contribution in [3.63, 3.8) is 0 Å². The SMILES string of the molecule is CNC(c1ccc(C(F)(F)F)c(F)c1)c1cnn(C)c1C. The lowest BCUT2D eigenvalue weighted by molar-refractivity contribution is -0.140. The van der Waals surface area contributed by atoms with Gasteiger partial charge in [0.2, 0.25) is 0 Å². The van der Waals surface area contributed by atoms with Crippen molar-refractivity contribution in [2.45, 2.75) is 19.1 Å². The third-order valence-corrected chi connectivity index (χ3v) is 3.50. The number of aromatic nitrogens is 2. The average Bonchev–Trinajstić information content (AvgIpc) is 2.71. The monoisotopic (exact) mass is 301 g/mol. The first-order valence-corrected chi connectivity index (χ1v) is 6.28. The largest absolute Gasteiger partial charge is 0.419 e. The van der Waals surface area contributed by atoms with Crippen molar-refractivity contribution in [2.24, 2.45) is 7.05 Å². The Balaban J connectivity index is 2.45. The summed E-state index contributed by atoms with van der Waals surface area (Å²) in [5.74, 6) is -1.28. The maximum atomic E-state index is 13.7. The zero-order valence-electron chi connectivity index (χ0n) is 11.8.